The van der Waals surface area contributed by atoms with Gasteiger partial charge >= 0.3 is 6.09 Å². The molecule has 20 heavy (non-hydrogen) atoms. The molecule has 2 amide bonds. The van der Waals surface area contributed by atoms with Gasteiger partial charge in [-0.15, -0.1) is 0 Å². The molecule has 0 unspecified atom stereocenters. The molecule has 1 heterocycles. The number of carbonyl (C=O) groups excluding carboxylic acids is 2. The smallest absolute Gasteiger partial charge is 0.409 e. The van der Waals surface area contributed by atoms with Gasteiger partial charge in [-0.05, 0) is 31.9 Å². The summed E-state index contributed by atoms with van der Waals surface area (Å²) in [6.07, 6.45) is 1.07. The number of benzene rings is 1. The Bertz CT molecular complexity index is 453. The largest absolute Gasteiger partial charge is 0.450 e. The third-order valence-corrected chi connectivity index (χ3v) is 3.43. The highest BCUT2D eigenvalue weighted by Gasteiger charge is 2.27. The average Bonchev–Trinajstić information content (AvgIpc) is 2.48. The van der Waals surface area contributed by atoms with Crippen molar-refractivity contribution in [3.05, 3.63) is 30.3 Å². The molecule has 0 atom stereocenters. The molecule has 1 fully saturated rings. The molecule has 108 valence electrons. The van der Waals surface area contributed by atoms with E-state index in [1.54, 1.807) is 11.8 Å². The summed E-state index contributed by atoms with van der Waals surface area (Å²) in [5.41, 5.74) is 0.810. The minimum Gasteiger partial charge on any atom is -0.450 e. The van der Waals surface area contributed by atoms with E-state index in [0.717, 1.165) is 5.69 Å². The Balaban J connectivity index is 1.81. The normalized spacial score (nSPS) is 15.8. The highest BCUT2D eigenvalue weighted by atomic mass is 16.6. The van der Waals surface area contributed by atoms with Crippen LogP contribution in [0, 0.1) is 5.92 Å². The van der Waals surface area contributed by atoms with Gasteiger partial charge in [-0.1, -0.05) is 18.2 Å². The molecule has 0 spiro atoms. The van der Waals surface area contributed by atoms with Crippen molar-refractivity contribution in [1.82, 2.24) is 4.90 Å². The first-order valence-corrected chi connectivity index (χ1v) is 6.98. The van der Waals surface area contributed by atoms with E-state index in [0.29, 0.717) is 32.5 Å². The van der Waals surface area contributed by atoms with Crippen LogP contribution in [0.2, 0.25) is 0 Å². The lowest BCUT2D eigenvalue weighted by Gasteiger charge is -2.30. The van der Waals surface area contributed by atoms with Crippen molar-refractivity contribution < 1.29 is 14.3 Å². The second-order valence-electron chi connectivity index (χ2n) is 4.82. The molecule has 1 aliphatic rings. The second kappa shape index (κ2) is 6.93. The number of nitrogens with one attached hydrogen (secondary N) is 1. The molecule has 0 radical (unpaired) electrons. The Morgan fingerprint density at radius 3 is 2.50 bits per heavy atom. The van der Waals surface area contributed by atoms with Crippen molar-refractivity contribution in [2.75, 3.05) is 25.0 Å². The lowest BCUT2D eigenvalue weighted by molar-refractivity contribution is -0.121. The molecule has 2 rings (SSSR count). The molecule has 0 aromatic heterocycles. The number of rotatable bonds is 3. The van der Waals surface area contributed by atoms with Crippen LogP contribution in [0.4, 0.5) is 10.5 Å². The van der Waals surface area contributed by atoms with Gasteiger partial charge in [-0.2, -0.15) is 0 Å². The molecule has 5 nitrogen and oxygen atoms in total. The van der Waals surface area contributed by atoms with Gasteiger partial charge in [-0.25, -0.2) is 4.79 Å². The third-order valence-electron chi connectivity index (χ3n) is 3.43. The first-order chi connectivity index (χ1) is 9.70. The standard InChI is InChI=1S/C15H20N2O3/c1-2-20-15(19)17-10-8-12(9-11-17)14(18)16-13-6-4-3-5-7-13/h3-7,12H,2,8-11H2,1H3,(H,16,18). The van der Waals surface area contributed by atoms with Crippen LogP contribution in [0.3, 0.4) is 0 Å². The Morgan fingerprint density at radius 1 is 1.25 bits per heavy atom. The van der Waals surface area contributed by atoms with Gasteiger partial charge < -0.3 is 15.0 Å². The van der Waals surface area contributed by atoms with Crippen molar-refractivity contribution in [2.24, 2.45) is 5.92 Å². The number of para-hydroxylation sites is 1. The van der Waals surface area contributed by atoms with E-state index in [9.17, 15) is 9.59 Å². The summed E-state index contributed by atoms with van der Waals surface area (Å²) >= 11 is 0. The first kappa shape index (κ1) is 14.4. The predicted octanol–water partition coefficient (Wildman–Crippen LogP) is 2.49. The van der Waals surface area contributed by atoms with E-state index in [1.807, 2.05) is 30.3 Å². The molecule has 1 aromatic carbocycles. The van der Waals surface area contributed by atoms with Crippen LogP contribution in [-0.2, 0) is 9.53 Å². The van der Waals surface area contributed by atoms with Crippen molar-refractivity contribution in [3.8, 4) is 0 Å². The maximum atomic E-state index is 12.1. The lowest BCUT2D eigenvalue weighted by Crippen LogP contribution is -2.41. The van der Waals surface area contributed by atoms with Gasteiger partial charge in [0.15, 0.2) is 0 Å². The fourth-order valence-corrected chi connectivity index (χ4v) is 2.30. The molecule has 0 saturated carbocycles. The Kier molecular flexibility index (Phi) is 4.98. The zero-order valence-corrected chi connectivity index (χ0v) is 11.7. The average molecular weight is 276 g/mol. The predicted molar refractivity (Wildman–Crippen MR) is 76.4 cm³/mol. The van der Waals surface area contributed by atoms with E-state index in [-0.39, 0.29) is 17.9 Å². The number of likely N-dealkylation sites (tertiary alicyclic amines) is 1. The molecule has 0 bridgehead atoms. The minimum absolute atomic E-state index is 0.0275. The topological polar surface area (TPSA) is 58.6 Å². The zero-order valence-electron chi connectivity index (χ0n) is 11.7. The summed E-state index contributed by atoms with van der Waals surface area (Å²) in [5, 5.41) is 2.91. The van der Waals surface area contributed by atoms with Crippen LogP contribution in [0.25, 0.3) is 0 Å². The van der Waals surface area contributed by atoms with Gasteiger partial charge in [0.2, 0.25) is 5.91 Å². The molecular formula is C15H20N2O3. The van der Waals surface area contributed by atoms with Gasteiger partial charge in [0, 0.05) is 24.7 Å². The molecule has 1 N–H and O–H groups in total. The second-order valence-corrected chi connectivity index (χ2v) is 4.82. The number of anilines is 1. The molecular weight excluding hydrogens is 256 g/mol. The number of piperidine rings is 1. The van der Waals surface area contributed by atoms with Crippen LogP contribution < -0.4 is 5.32 Å². The van der Waals surface area contributed by atoms with Crippen molar-refractivity contribution in [2.45, 2.75) is 19.8 Å². The van der Waals surface area contributed by atoms with Gasteiger partial charge in [0.25, 0.3) is 0 Å². The number of hydrogen-bond donors (Lipinski definition) is 1. The fraction of sp³-hybridized carbons (Fsp3) is 0.467. The molecule has 1 saturated heterocycles. The van der Waals surface area contributed by atoms with E-state index < -0.39 is 0 Å². The summed E-state index contributed by atoms with van der Waals surface area (Å²) in [6, 6.07) is 9.42. The van der Waals surface area contributed by atoms with Crippen LogP contribution in [0.15, 0.2) is 30.3 Å². The highest BCUT2D eigenvalue weighted by molar-refractivity contribution is 5.92. The lowest BCUT2D eigenvalue weighted by atomic mass is 9.96. The third kappa shape index (κ3) is 3.73. The van der Waals surface area contributed by atoms with E-state index in [4.69, 9.17) is 4.74 Å². The van der Waals surface area contributed by atoms with Crippen LogP contribution in [0.5, 0.6) is 0 Å². The van der Waals surface area contributed by atoms with Gasteiger partial charge in [0.05, 0.1) is 6.61 Å². The van der Waals surface area contributed by atoms with E-state index in [2.05, 4.69) is 5.32 Å². The number of carbonyl (C=O) groups is 2. The van der Waals surface area contributed by atoms with Crippen LogP contribution in [0.1, 0.15) is 19.8 Å². The first-order valence-electron chi connectivity index (χ1n) is 6.98. The van der Waals surface area contributed by atoms with Gasteiger partial charge in [-0.3, -0.25) is 4.79 Å². The zero-order chi connectivity index (χ0) is 14.4. The quantitative estimate of drug-likeness (QED) is 0.922. The summed E-state index contributed by atoms with van der Waals surface area (Å²) < 4.78 is 4.96. The van der Waals surface area contributed by atoms with E-state index in [1.165, 1.54) is 0 Å². The molecule has 1 aliphatic heterocycles. The van der Waals surface area contributed by atoms with Crippen LogP contribution >= 0.6 is 0 Å². The van der Waals surface area contributed by atoms with Gasteiger partial charge in [0.1, 0.15) is 0 Å². The number of amides is 2. The highest BCUT2D eigenvalue weighted by Crippen LogP contribution is 2.20. The van der Waals surface area contributed by atoms with Crippen molar-refractivity contribution in [1.29, 1.82) is 0 Å². The summed E-state index contributed by atoms with van der Waals surface area (Å²) in [4.78, 5) is 25.4. The fourth-order valence-electron chi connectivity index (χ4n) is 2.30. The summed E-state index contributed by atoms with van der Waals surface area (Å²) in [7, 11) is 0. The Hall–Kier alpha value is -2.04. The maximum Gasteiger partial charge on any atom is 0.409 e. The Morgan fingerprint density at radius 2 is 1.90 bits per heavy atom. The maximum absolute atomic E-state index is 12.1. The monoisotopic (exact) mass is 276 g/mol. The molecule has 0 aliphatic carbocycles. The molecule has 5 heteroatoms. The number of hydrogen-bond acceptors (Lipinski definition) is 3. The summed E-state index contributed by atoms with van der Waals surface area (Å²) in [5.74, 6) is -0.0133. The van der Waals surface area contributed by atoms with Crippen molar-refractivity contribution >= 4 is 17.7 Å². The Labute approximate surface area is 118 Å². The van der Waals surface area contributed by atoms with Crippen LogP contribution in [-0.4, -0.2) is 36.6 Å². The SMILES string of the molecule is CCOC(=O)N1CCC(C(=O)Nc2ccccc2)CC1. The minimum atomic E-state index is -0.283. The van der Waals surface area contributed by atoms with E-state index >= 15 is 0 Å². The molecule has 1 aromatic rings. The number of nitrogens with zero attached hydrogens (tertiary/aromatic N) is 1. The van der Waals surface area contributed by atoms with Crippen molar-refractivity contribution in [3.63, 3.8) is 0 Å². The number of ether oxygens (including phenoxy) is 1. The summed E-state index contributed by atoms with van der Waals surface area (Å²) in [6.45, 7) is 3.32.